The molecule has 2 aliphatic heterocycles. The van der Waals surface area contributed by atoms with Crippen LogP contribution in [0, 0.1) is 0 Å². The monoisotopic (exact) mass is 246 g/mol. The topological polar surface area (TPSA) is 72.4 Å². The van der Waals surface area contributed by atoms with Crippen molar-refractivity contribution in [2.45, 2.75) is 31.2 Å². The fourth-order valence-corrected chi connectivity index (χ4v) is 2.71. The maximum absolute atomic E-state index is 10.7. The number of rotatable bonds is 2. The van der Waals surface area contributed by atoms with E-state index in [0.29, 0.717) is 6.47 Å². The maximum atomic E-state index is 10.7. The second-order valence-corrected chi connectivity index (χ2v) is 6.12. The Morgan fingerprint density at radius 2 is 2.19 bits per heavy atom. The molecule has 0 aromatic heterocycles. The van der Waals surface area contributed by atoms with Crippen molar-refractivity contribution in [3.05, 3.63) is 0 Å². The van der Waals surface area contributed by atoms with Gasteiger partial charge in [0.15, 0.2) is 4.87 Å². The molecule has 2 heterocycles. The highest BCUT2D eigenvalue weighted by molar-refractivity contribution is 8.02. The average molecular weight is 246 g/mol. The summed E-state index contributed by atoms with van der Waals surface area (Å²) in [7, 11) is 0. The highest BCUT2D eigenvalue weighted by Crippen LogP contribution is 2.47. The van der Waals surface area contributed by atoms with E-state index in [4.69, 9.17) is 5.73 Å². The Morgan fingerprint density at radius 3 is 2.31 bits per heavy atom. The van der Waals surface area contributed by atoms with E-state index in [1.807, 2.05) is 20.8 Å². The summed E-state index contributed by atoms with van der Waals surface area (Å²) in [6.45, 7) is 7.84. The van der Waals surface area contributed by atoms with E-state index in [0.717, 1.165) is 18.8 Å². The van der Waals surface area contributed by atoms with Crippen LogP contribution in [-0.4, -0.2) is 46.6 Å². The van der Waals surface area contributed by atoms with Gasteiger partial charge in [-0.2, -0.15) is 0 Å². The minimum atomic E-state index is -0.318. The molecule has 6 heteroatoms. The van der Waals surface area contributed by atoms with E-state index in [9.17, 15) is 9.59 Å². The van der Waals surface area contributed by atoms with Gasteiger partial charge in [0.25, 0.3) is 6.47 Å². The zero-order chi connectivity index (χ0) is 12.4. The normalized spacial score (nSPS) is 30.8. The lowest BCUT2D eigenvalue weighted by atomic mass is 10.2. The van der Waals surface area contributed by atoms with Crippen LogP contribution in [0.25, 0.3) is 0 Å². The standard InChI is InChI=1S/C5H8N2OS.C5H10O2/c6-4(8)5-3-7(5)1-2-9-5;1-5(2,3)7-4-6/h1-3H2,(H2,6,8);4H,1-3H3. The maximum Gasteiger partial charge on any atom is 0.293 e. The van der Waals surface area contributed by atoms with Crippen molar-refractivity contribution in [2.75, 3.05) is 18.8 Å². The van der Waals surface area contributed by atoms with Crippen LogP contribution >= 0.6 is 11.8 Å². The van der Waals surface area contributed by atoms with E-state index in [-0.39, 0.29) is 16.4 Å². The molecule has 0 bridgehead atoms. The summed E-state index contributed by atoms with van der Waals surface area (Å²) >= 11 is 1.68. The number of nitrogens with zero attached hydrogens (tertiary/aromatic N) is 1. The molecule has 0 aromatic rings. The van der Waals surface area contributed by atoms with Gasteiger partial charge in [0.2, 0.25) is 5.91 Å². The molecule has 2 aliphatic rings. The van der Waals surface area contributed by atoms with E-state index in [1.165, 1.54) is 0 Å². The quantitative estimate of drug-likeness (QED) is 0.556. The summed E-state index contributed by atoms with van der Waals surface area (Å²) in [5.74, 6) is 0.896. The summed E-state index contributed by atoms with van der Waals surface area (Å²) in [5.41, 5.74) is 4.85. The van der Waals surface area contributed by atoms with Crippen LogP contribution in [-0.2, 0) is 14.3 Å². The molecular formula is C10H18N2O3S. The summed E-state index contributed by atoms with van der Waals surface area (Å²) in [4.78, 5) is 22.2. The highest BCUT2D eigenvalue weighted by atomic mass is 32.2. The Hall–Kier alpha value is -0.750. The van der Waals surface area contributed by atoms with Gasteiger partial charge < -0.3 is 10.5 Å². The molecule has 2 saturated heterocycles. The van der Waals surface area contributed by atoms with Crippen molar-refractivity contribution in [1.29, 1.82) is 0 Å². The van der Waals surface area contributed by atoms with E-state index < -0.39 is 0 Å². The van der Waals surface area contributed by atoms with Crippen LogP contribution in [0.1, 0.15) is 20.8 Å². The molecular weight excluding hydrogens is 228 g/mol. The first kappa shape index (κ1) is 13.3. The molecule has 16 heavy (non-hydrogen) atoms. The number of carbonyl (C=O) groups excluding carboxylic acids is 2. The number of hydrogen-bond donors (Lipinski definition) is 1. The Balaban J connectivity index is 0.000000168. The lowest BCUT2D eigenvalue weighted by Gasteiger charge is -2.14. The van der Waals surface area contributed by atoms with Gasteiger partial charge in [-0.1, -0.05) is 0 Å². The number of fused-ring (bicyclic) bond motifs is 1. The number of carbonyl (C=O) groups is 2. The van der Waals surface area contributed by atoms with Crippen LogP contribution in [0.3, 0.4) is 0 Å². The minimum absolute atomic E-state index is 0.162. The molecule has 2 fully saturated rings. The molecule has 2 atom stereocenters. The fraction of sp³-hybridized carbons (Fsp3) is 0.800. The smallest absolute Gasteiger partial charge is 0.293 e. The van der Waals surface area contributed by atoms with Gasteiger partial charge in [-0.3, -0.25) is 14.5 Å². The van der Waals surface area contributed by atoms with Crippen molar-refractivity contribution in [3.8, 4) is 0 Å². The summed E-state index contributed by atoms with van der Waals surface area (Å²) in [6.07, 6.45) is 0. The van der Waals surface area contributed by atoms with Crippen LogP contribution in [0.15, 0.2) is 0 Å². The average Bonchev–Trinajstić information content (AvgIpc) is 2.69. The number of thioether (sulfide) groups is 1. The van der Waals surface area contributed by atoms with Gasteiger partial charge in [0, 0.05) is 18.8 Å². The predicted octanol–water partition coefficient (Wildman–Crippen LogP) is 0.188. The third-order valence-corrected chi connectivity index (χ3v) is 3.75. The SMILES string of the molecule is CC(C)(C)OC=O.NC(=O)C12CN1CCS2. The minimum Gasteiger partial charge on any atom is -0.462 e. The van der Waals surface area contributed by atoms with Crippen LogP contribution in [0.5, 0.6) is 0 Å². The molecule has 1 amide bonds. The van der Waals surface area contributed by atoms with Crippen molar-refractivity contribution < 1.29 is 14.3 Å². The molecule has 2 rings (SSSR count). The number of amides is 1. The van der Waals surface area contributed by atoms with Crippen LogP contribution < -0.4 is 5.73 Å². The lowest BCUT2D eigenvalue weighted by molar-refractivity contribution is -0.138. The Morgan fingerprint density at radius 1 is 1.56 bits per heavy atom. The summed E-state index contributed by atoms with van der Waals surface area (Å²) < 4.78 is 4.55. The number of hydrogen-bond acceptors (Lipinski definition) is 5. The predicted molar refractivity (Wildman–Crippen MR) is 62.9 cm³/mol. The molecule has 0 radical (unpaired) electrons. The van der Waals surface area contributed by atoms with Gasteiger partial charge >= 0.3 is 0 Å². The van der Waals surface area contributed by atoms with Crippen molar-refractivity contribution in [1.82, 2.24) is 4.90 Å². The Labute approximate surface area is 99.7 Å². The third-order valence-electron chi connectivity index (χ3n) is 2.30. The summed E-state index contributed by atoms with van der Waals surface area (Å²) in [5, 5.41) is 0. The first-order valence-electron chi connectivity index (χ1n) is 5.12. The number of nitrogens with two attached hydrogens (primary N) is 1. The van der Waals surface area contributed by atoms with Crippen LogP contribution in [0.4, 0.5) is 0 Å². The van der Waals surface area contributed by atoms with E-state index in [2.05, 4.69) is 9.64 Å². The first-order valence-corrected chi connectivity index (χ1v) is 6.11. The number of ether oxygens (including phenoxy) is 1. The summed E-state index contributed by atoms with van der Waals surface area (Å²) in [6, 6.07) is 0. The second-order valence-electron chi connectivity index (χ2n) is 4.75. The zero-order valence-corrected chi connectivity index (χ0v) is 10.7. The van der Waals surface area contributed by atoms with E-state index in [1.54, 1.807) is 11.8 Å². The van der Waals surface area contributed by atoms with Gasteiger partial charge in [0.1, 0.15) is 5.60 Å². The lowest BCUT2D eigenvalue weighted by Crippen LogP contribution is -2.30. The zero-order valence-electron chi connectivity index (χ0n) is 9.86. The molecule has 2 N–H and O–H groups in total. The molecule has 0 spiro atoms. The van der Waals surface area contributed by atoms with Gasteiger partial charge in [-0.25, -0.2) is 0 Å². The first-order chi connectivity index (χ1) is 7.32. The fourth-order valence-electron chi connectivity index (χ4n) is 1.39. The molecule has 0 aromatic carbocycles. The van der Waals surface area contributed by atoms with E-state index >= 15 is 0 Å². The highest BCUT2D eigenvalue weighted by Gasteiger charge is 2.60. The van der Waals surface area contributed by atoms with Gasteiger partial charge in [-0.15, -0.1) is 11.8 Å². The Bertz CT molecular complexity index is 290. The molecule has 0 aliphatic carbocycles. The second kappa shape index (κ2) is 4.63. The third kappa shape index (κ3) is 3.12. The Kier molecular flexibility index (Phi) is 3.85. The van der Waals surface area contributed by atoms with Crippen molar-refractivity contribution in [2.24, 2.45) is 5.73 Å². The van der Waals surface area contributed by atoms with Crippen molar-refractivity contribution >= 4 is 24.1 Å². The largest absolute Gasteiger partial charge is 0.462 e. The molecule has 0 saturated carbocycles. The molecule has 2 unspecified atom stereocenters. The molecule has 92 valence electrons. The van der Waals surface area contributed by atoms with Crippen molar-refractivity contribution in [3.63, 3.8) is 0 Å². The van der Waals surface area contributed by atoms with Crippen LogP contribution in [0.2, 0.25) is 0 Å². The molecule has 5 nitrogen and oxygen atoms in total. The van der Waals surface area contributed by atoms with Gasteiger partial charge in [0.05, 0.1) is 0 Å². The van der Waals surface area contributed by atoms with Gasteiger partial charge in [-0.05, 0) is 20.8 Å². The number of primary amides is 1.